The molecule has 0 aliphatic carbocycles. The van der Waals surface area contributed by atoms with E-state index < -0.39 is 11.7 Å². The number of rotatable bonds is 8. The van der Waals surface area contributed by atoms with Gasteiger partial charge in [-0.2, -0.15) is 13.2 Å². The Labute approximate surface area is 139 Å². The Morgan fingerprint density at radius 3 is 2.92 bits per heavy atom. The zero-order valence-electron chi connectivity index (χ0n) is 13.4. The highest BCUT2D eigenvalue weighted by Gasteiger charge is 2.30. The smallest absolute Gasteiger partial charge is 0.379 e. The maximum Gasteiger partial charge on any atom is 0.416 e. The minimum atomic E-state index is -4.40. The van der Waals surface area contributed by atoms with Crippen molar-refractivity contribution in [2.24, 2.45) is 0 Å². The fourth-order valence-corrected chi connectivity index (χ4v) is 2.50. The summed E-state index contributed by atoms with van der Waals surface area (Å²) in [5, 5.41) is 2.69. The molecule has 1 N–H and O–H groups in total. The number of amides is 1. The summed E-state index contributed by atoms with van der Waals surface area (Å²) in [7, 11) is 0. The summed E-state index contributed by atoms with van der Waals surface area (Å²) in [6.07, 6.45) is -1.54. The van der Waals surface area contributed by atoms with Gasteiger partial charge in [0.25, 0.3) is 0 Å². The van der Waals surface area contributed by atoms with Crippen LogP contribution >= 0.6 is 0 Å². The van der Waals surface area contributed by atoms with Gasteiger partial charge in [0, 0.05) is 19.8 Å². The average Bonchev–Trinajstić information content (AvgIpc) is 3.03. The van der Waals surface area contributed by atoms with E-state index in [0.717, 1.165) is 31.6 Å². The van der Waals surface area contributed by atoms with Crippen LogP contribution in [0, 0.1) is 0 Å². The molecule has 134 valence electrons. The highest BCUT2D eigenvalue weighted by Crippen LogP contribution is 2.29. The molecule has 1 unspecified atom stereocenters. The summed E-state index contributed by atoms with van der Waals surface area (Å²) >= 11 is 0. The van der Waals surface area contributed by atoms with Gasteiger partial charge >= 0.3 is 6.18 Å². The summed E-state index contributed by atoms with van der Waals surface area (Å²) in [6, 6.07) is 4.82. The predicted octanol–water partition coefficient (Wildman–Crippen LogP) is 2.95. The van der Waals surface area contributed by atoms with Crippen molar-refractivity contribution in [3.63, 3.8) is 0 Å². The third-order valence-corrected chi connectivity index (χ3v) is 3.73. The van der Waals surface area contributed by atoms with Gasteiger partial charge in [-0.15, -0.1) is 0 Å². The number of hydrogen-bond donors (Lipinski definition) is 1. The zero-order valence-corrected chi connectivity index (χ0v) is 13.4. The van der Waals surface area contributed by atoms with Gasteiger partial charge in [-0.1, -0.05) is 18.2 Å². The fraction of sp³-hybridized carbons (Fsp3) is 0.588. The average molecular weight is 345 g/mol. The normalized spacial score (nSPS) is 17.9. The second kappa shape index (κ2) is 9.03. The predicted molar refractivity (Wildman–Crippen MR) is 82.6 cm³/mol. The molecule has 0 radical (unpaired) electrons. The number of hydrogen-bond acceptors (Lipinski definition) is 3. The largest absolute Gasteiger partial charge is 0.416 e. The van der Waals surface area contributed by atoms with Crippen LogP contribution < -0.4 is 5.32 Å². The van der Waals surface area contributed by atoms with Crippen molar-refractivity contribution in [2.75, 3.05) is 26.4 Å². The molecule has 1 aromatic carbocycles. The number of benzene rings is 1. The molecular weight excluding hydrogens is 323 g/mol. The third kappa shape index (κ3) is 6.49. The molecule has 1 amide bonds. The molecule has 1 atom stereocenters. The lowest BCUT2D eigenvalue weighted by Gasteiger charge is -2.11. The van der Waals surface area contributed by atoms with Gasteiger partial charge in [-0.05, 0) is 30.9 Å². The van der Waals surface area contributed by atoms with Crippen LogP contribution in [-0.4, -0.2) is 38.4 Å². The van der Waals surface area contributed by atoms with Gasteiger partial charge in [-0.3, -0.25) is 4.79 Å². The van der Waals surface area contributed by atoms with Crippen LogP contribution in [0.2, 0.25) is 0 Å². The maximum atomic E-state index is 12.6. The Hall–Kier alpha value is -1.60. The zero-order chi connectivity index (χ0) is 17.4. The molecule has 0 bridgehead atoms. The second-order valence-corrected chi connectivity index (χ2v) is 5.79. The van der Waals surface area contributed by atoms with Crippen molar-refractivity contribution in [2.45, 2.75) is 38.0 Å². The fourth-order valence-electron chi connectivity index (χ4n) is 2.50. The summed E-state index contributed by atoms with van der Waals surface area (Å²) < 4.78 is 48.7. The monoisotopic (exact) mass is 345 g/mol. The van der Waals surface area contributed by atoms with Crippen LogP contribution in [0.15, 0.2) is 24.3 Å². The Morgan fingerprint density at radius 2 is 2.21 bits per heavy atom. The maximum absolute atomic E-state index is 12.6. The lowest BCUT2D eigenvalue weighted by molar-refractivity contribution is -0.137. The van der Waals surface area contributed by atoms with Crippen LogP contribution in [-0.2, 0) is 26.9 Å². The van der Waals surface area contributed by atoms with Crippen molar-refractivity contribution in [3.05, 3.63) is 35.4 Å². The van der Waals surface area contributed by atoms with Gasteiger partial charge in [0.2, 0.25) is 5.91 Å². The van der Waals surface area contributed by atoms with E-state index in [1.54, 1.807) is 0 Å². The first-order valence-electron chi connectivity index (χ1n) is 8.07. The van der Waals surface area contributed by atoms with Crippen LogP contribution in [0.5, 0.6) is 0 Å². The van der Waals surface area contributed by atoms with Crippen LogP contribution in [0.25, 0.3) is 0 Å². The standard InChI is InChI=1S/C17H22F3NO3/c18-17(19,20)14-5-1-4-13(10-14)11-16(22)21-7-3-8-23-12-15-6-2-9-24-15/h1,4-5,10,15H,2-3,6-9,11-12H2,(H,21,22). The number of halogens is 3. The Morgan fingerprint density at radius 1 is 1.38 bits per heavy atom. The molecule has 1 aliphatic rings. The van der Waals surface area contributed by atoms with E-state index in [2.05, 4.69) is 5.32 Å². The van der Waals surface area contributed by atoms with Crippen molar-refractivity contribution < 1.29 is 27.4 Å². The first-order valence-corrected chi connectivity index (χ1v) is 8.07. The Balaban J connectivity index is 1.61. The van der Waals surface area contributed by atoms with Gasteiger partial charge < -0.3 is 14.8 Å². The summed E-state index contributed by atoms with van der Waals surface area (Å²) in [4.78, 5) is 11.8. The highest BCUT2D eigenvalue weighted by atomic mass is 19.4. The number of carbonyl (C=O) groups is 1. The molecule has 24 heavy (non-hydrogen) atoms. The van der Waals surface area contributed by atoms with E-state index in [1.165, 1.54) is 12.1 Å². The van der Waals surface area contributed by atoms with E-state index in [4.69, 9.17) is 9.47 Å². The molecule has 1 heterocycles. The Bertz CT molecular complexity index is 528. The number of ether oxygens (including phenoxy) is 2. The first-order chi connectivity index (χ1) is 11.4. The number of alkyl halides is 3. The van der Waals surface area contributed by atoms with E-state index in [0.29, 0.717) is 31.7 Å². The summed E-state index contributed by atoms with van der Waals surface area (Å²) in [5.41, 5.74) is -0.396. The Kier molecular flexibility index (Phi) is 7.05. The van der Waals surface area contributed by atoms with Gasteiger partial charge in [0.15, 0.2) is 0 Å². The van der Waals surface area contributed by atoms with Crippen LogP contribution in [0.4, 0.5) is 13.2 Å². The lowest BCUT2D eigenvalue weighted by atomic mass is 10.1. The molecule has 0 spiro atoms. The molecule has 7 heteroatoms. The van der Waals surface area contributed by atoms with Gasteiger partial charge in [-0.25, -0.2) is 0 Å². The van der Waals surface area contributed by atoms with Gasteiger partial charge in [0.1, 0.15) is 0 Å². The van der Waals surface area contributed by atoms with Crippen LogP contribution in [0.1, 0.15) is 30.4 Å². The first kappa shape index (κ1) is 18.7. The van der Waals surface area contributed by atoms with Crippen molar-refractivity contribution in [3.8, 4) is 0 Å². The van der Waals surface area contributed by atoms with Crippen LogP contribution in [0.3, 0.4) is 0 Å². The van der Waals surface area contributed by atoms with E-state index >= 15 is 0 Å². The van der Waals surface area contributed by atoms with Gasteiger partial charge in [0.05, 0.1) is 24.7 Å². The summed E-state index contributed by atoms with van der Waals surface area (Å²) in [6.45, 7) is 2.31. The van der Waals surface area contributed by atoms with E-state index in [1.807, 2.05) is 0 Å². The van der Waals surface area contributed by atoms with Crippen molar-refractivity contribution in [1.82, 2.24) is 5.32 Å². The quantitative estimate of drug-likeness (QED) is 0.737. The third-order valence-electron chi connectivity index (χ3n) is 3.73. The van der Waals surface area contributed by atoms with E-state index in [-0.39, 0.29) is 18.4 Å². The molecule has 4 nitrogen and oxygen atoms in total. The SMILES string of the molecule is O=C(Cc1cccc(C(F)(F)F)c1)NCCCOCC1CCCO1. The number of nitrogens with one attached hydrogen (secondary N) is 1. The molecule has 2 rings (SSSR count). The minimum absolute atomic E-state index is 0.0688. The minimum Gasteiger partial charge on any atom is -0.379 e. The molecular formula is C17H22F3NO3. The molecule has 0 saturated carbocycles. The molecule has 0 aromatic heterocycles. The van der Waals surface area contributed by atoms with Crippen molar-refractivity contribution in [1.29, 1.82) is 0 Å². The summed E-state index contributed by atoms with van der Waals surface area (Å²) in [5.74, 6) is -0.298. The number of carbonyl (C=O) groups excluding carboxylic acids is 1. The topological polar surface area (TPSA) is 47.6 Å². The highest BCUT2D eigenvalue weighted by molar-refractivity contribution is 5.78. The van der Waals surface area contributed by atoms with Crippen molar-refractivity contribution >= 4 is 5.91 Å². The van der Waals surface area contributed by atoms with E-state index in [9.17, 15) is 18.0 Å². The molecule has 1 aliphatic heterocycles. The lowest BCUT2D eigenvalue weighted by Crippen LogP contribution is -2.27. The molecule has 1 fully saturated rings. The second-order valence-electron chi connectivity index (χ2n) is 5.79. The molecule has 1 aromatic rings. The molecule has 1 saturated heterocycles.